The molecule has 0 atom stereocenters. The van der Waals surface area contributed by atoms with E-state index in [1.54, 1.807) is 24.5 Å². The highest BCUT2D eigenvalue weighted by atomic mass is 16.1. The maximum Gasteiger partial charge on any atom is 0.181 e. The molecule has 0 aromatic carbocycles. The van der Waals surface area contributed by atoms with Gasteiger partial charge in [-0.1, -0.05) is 11.6 Å². The Morgan fingerprint density at radius 3 is 2.50 bits per heavy atom. The summed E-state index contributed by atoms with van der Waals surface area (Å²) in [6.45, 7) is 4.95. The Balaban J connectivity index is 2.72. The molecule has 0 spiro atoms. The fourth-order valence-corrected chi connectivity index (χ4v) is 0.853. The predicted octanol–water partition coefficient (Wildman–Crippen LogP) is 1.81. The van der Waals surface area contributed by atoms with Crippen molar-refractivity contribution in [1.82, 2.24) is 4.57 Å². The first-order chi connectivity index (χ1) is 5.68. The fourth-order valence-electron chi connectivity index (χ4n) is 0.853. The summed E-state index contributed by atoms with van der Waals surface area (Å²) in [6.07, 6.45) is 5.70. The molecule has 1 aromatic rings. The van der Waals surface area contributed by atoms with E-state index in [9.17, 15) is 4.79 Å². The van der Waals surface area contributed by atoms with E-state index in [2.05, 4.69) is 19.9 Å². The summed E-state index contributed by atoms with van der Waals surface area (Å²) in [5, 5.41) is 0. The van der Waals surface area contributed by atoms with E-state index >= 15 is 0 Å². The van der Waals surface area contributed by atoms with Gasteiger partial charge in [-0.05, 0) is 13.8 Å². The third-order valence-electron chi connectivity index (χ3n) is 1.57. The molecule has 0 fully saturated rings. The van der Waals surface area contributed by atoms with E-state index in [1.807, 2.05) is 4.57 Å². The topological polar surface area (TPSA) is 22.0 Å². The van der Waals surface area contributed by atoms with Crippen molar-refractivity contribution < 1.29 is 0 Å². The predicted molar refractivity (Wildman–Crippen MR) is 50.1 cm³/mol. The highest BCUT2D eigenvalue weighted by molar-refractivity contribution is 4.98. The molecular weight excluding hydrogens is 150 g/mol. The minimum atomic E-state index is 0.0588. The van der Waals surface area contributed by atoms with Crippen LogP contribution in [0, 0.1) is 0 Å². The molecule has 0 saturated carbocycles. The molecule has 0 aliphatic rings. The summed E-state index contributed by atoms with van der Waals surface area (Å²) in [5.41, 5.74) is 1.34. The molecule has 0 radical (unpaired) electrons. The van der Waals surface area contributed by atoms with Gasteiger partial charge in [-0.25, -0.2) is 0 Å². The van der Waals surface area contributed by atoms with Crippen LogP contribution >= 0.6 is 0 Å². The van der Waals surface area contributed by atoms with Gasteiger partial charge in [-0.15, -0.1) is 0 Å². The second-order valence-electron chi connectivity index (χ2n) is 3.01. The van der Waals surface area contributed by atoms with Gasteiger partial charge in [-0.3, -0.25) is 4.79 Å². The van der Waals surface area contributed by atoms with Crippen molar-refractivity contribution >= 4 is 0 Å². The molecule has 0 saturated heterocycles. The van der Waals surface area contributed by atoms with Crippen molar-refractivity contribution in [3.05, 3.63) is 46.4 Å². The zero-order valence-electron chi connectivity index (χ0n) is 7.45. The minimum Gasteiger partial charge on any atom is -0.350 e. The van der Waals surface area contributed by atoms with E-state index < -0.39 is 0 Å². The normalized spacial score (nSPS) is 9.50. The quantitative estimate of drug-likeness (QED) is 0.609. The molecule has 0 N–H and O–H groups in total. The SMILES string of the molecule is CC(C)=CCn1ccc(=O)cc1. The number of aromatic nitrogens is 1. The molecule has 1 rings (SSSR count). The largest absolute Gasteiger partial charge is 0.350 e. The van der Waals surface area contributed by atoms with Gasteiger partial charge in [-0.2, -0.15) is 0 Å². The van der Waals surface area contributed by atoms with Crippen LogP contribution in [0.1, 0.15) is 13.8 Å². The van der Waals surface area contributed by atoms with E-state index in [0.29, 0.717) is 0 Å². The summed E-state index contributed by atoms with van der Waals surface area (Å²) in [6, 6.07) is 3.14. The molecule has 1 heterocycles. The minimum absolute atomic E-state index is 0.0588. The number of allylic oxidation sites excluding steroid dienone is 2. The van der Waals surface area contributed by atoms with Crippen molar-refractivity contribution in [1.29, 1.82) is 0 Å². The van der Waals surface area contributed by atoms with Crippen molar-refractivity contribution in [2.45, 2.75) is 20.4 Å². The number of rotatable bonds is 2. The van der Waals surface area contributed by atoms with E-state index in [-0.39, 0.29) is 5.43 Å². The average Bonchev–Trinajstić information content (AvgIpc) is 2.03. The molecule has 0 aliphatic heterocycles. The Morgan fingerprint density at radius 2 is 2.00 bits per heavy atom. The van der Waals surface area contributed by atoms with E-state index in [1.165, 1.54) is 5.57 Å². The van der Waals surface area contributed by atoms with Crippen LogP contribution in [-0.4, -0.2) is 4.57 Å². The summed E-state index contributed by atoms with van der Waals surface area (Å²) < 4.78 is 1.97. The Morgan fingerprint density at radius 1 is 1.42 bits per heavy atom. The lowest BCUT2D eigenvalue weighted by Gasteiger charge is -2.00. The molecule has 0 aliphatic carbocycles. The smallest absolute Gasteiger partial charge is 0.181 e. The first-order valence-electron chi connectivity index (χ1n) is 3.98. The Kier molecular flexibility index (Phi) is 2.86. The van der Waals surface area contributed by atoms with Crippen LogP contribution in [-0.2, 0) is 6.54 Å². The van der Waals surface area contributed by atoms with Crippen LogP contribution in [0.5, 0.6) is 0 Å². The fraction of sp³-hybridized carbons (Fsp3) is 0.300. The highest BCUT2D eigenvalue weighted by Gasteiger charge is 1.85. The lowest BCUT2D eigenvalue weighted by Crippen LogP contribution is -2.02. The van der Waals surface area contributed by atoms with Crippen LogP contribution < -0.4 is 5.43 Å². The summed E-state index contributed by atoms with van der Waals surface area (Å²) in [7, 11) is 0. The van der Waals surface area contributed by atoms with Gasteiger partial charge in [0.15, 0.2) is 5.43 Å². The average molecular weight is 163 g/mol. The Labute approximate surface area is 72.2 Å². The molecule has 0 bridgehead atoms. The van der Waals surface area contributed by atoms with Crippen LogP contribution in [0.4, 0.5) is 0 Å². The molecule has 2 heteroatoms. The number of hydrogen-bond donors (Lipinski definition) is 0. The van der Waals surface area contributed by atoms with Crippen LogP contribution in [0.15, 0.2) is 41.0 Å². The lowest BCUT2D eigenvalue weighted by atomic mass is 10.3. The highest BCUT2D eigenvalue weighted by Crippen LogP contribution is 1.91. The zero-order chi connectivity index (χ0) is 8.97. The first kappa shape index (κ1) is 8.78. The molecule has 1 aromatic heterocycles. The molecule has 64 valence electrons. The van der Waals surface area contributed by atoms with Gasteiger partial charge >= 0.3 is 0 Å². The third kappa shape index (κ3) is 2.74. The number of nitrogens with zero attached hydrogens (tertiary/aromatic N) is 1. The van der Waals surface area contributed by atoms with Crippen molar-refractivity contribution in [2.24, 2.45) is 0 Å². The Bertz CT molecular complexity index is 311. The zero-order valence-corrected chi connectivity index (χ0v) is 7.45. The number of pyridine rings is 1. The molecule has 0 unspecified atom stereocenters. The maximum atomic E-state index is 10.7. The molecule has 12 heavy (non-hydrogen) atoms. The maximum absolute atomic E-state index is 10.7. The summed E-state index contributed by atoms with van der Waals surface area (Å²) in [4.78, 5) is 10.7. The van der Waals surface area contributed by atoms with Gasteiger partial charge < -0.3 is 4.57 Å². The van der Waals surface area contributed by atoms with Crippen LogP contribution in [0.25, 0.3) is 0 Å². The molecule has 2 nitrogen and oxygen atoms in total. The van der Waals surface area contributed by atoms with Crippen LogP contribution in [0.2, 0.25) is 0 Å². The first-order valence-corrected chi connectivity index (χ1v) is 3.98. The van der Waals surface area contributed by atoms with Gasteiger partial charge in [0.1, 0.15) is 0 Å². The van der Waals surface area contributed by atoms with Gasteiger partial charge in [0.2, 0.25) is 0 Å². The summed E-state index contributed by atoms with van der Waals surface area (Å²) in [5.74, 6) is 0. The number of hydrogen-bond acceptors (Lipinski definition) is 1. The van der Waals surface area contributed by atoms with E-state index in [4.69, 9.17) is 0 Å². The van der Waals surface area contributed by atoms with E-state index in [0.717, 1.165) is 6.54 Å². The van der Waals surface area contributed by atoms with Crippen molar-refractivity contribution in [2.75, 3.05) is 0 Å². The van der Waals surface area contributed by atoms with Gasteiger partial charge in [0.05, 0.1) is 0 Å². The standard InChI is InChI=1S/C10H13NO/c1-9(2)3-6-11-7-4-10(12)5-8-11/h3-5,7-8H,6H2,1-2H3. The third-order valence-corrected chi connectivity index (χ3v) is 1.57. The second-order valence-corrected chi connectivity index (χ2v) is 3.01. The Hall–Kier alpha value is -1.31. The van der Waals surface area contributed by atoms with Gasteiger partial charge in [0.25, 0.3) is 0 Å². The monoisotopic (exact) mass is 163 g/mol. The van der Waals surface area contributed by atoms with Crippen molar-refractivity contribution in [3.8, 4) is 0 Å². The molecule has 0 amide bonds. The lowest BCUT2D eigenvalue weighted by molar-refractivity contribution is 0.805. The second kappa shape index (κ2) is 3.90. The van der Waals surface area contributed by atoms with Crippen LogP contribution in [0.3, 0.4) is 0 Å². The van der Waals surface area contributed by atoms with Crippen molar-refractivity contribution in [3.63, 3.8) is 0 Å². The molecular formula is C10H13NO. The van der Waals surface area contributed by atoms with Gasteiger partial charge in [0, 0.05) is 31.1 Å². The summed E-state index contributed by atoms with van der Waals surface area (Å²) >= 11 is 0.